The van der Waals surface area contributed by atoms with Crippen LogP contribution in [0.1, 0.15) is 27.2 Å². The van der Waals surface area contributed by atoms with Gasteiger partial charge in [0.2, 0.25) is 8.32 Å². The van der Waals surface area contributed by atoms with Gasteiger partial charge in [-0.25, -0.2) is 0 Å². The summed E-state index contributed by atoms with van der Waals surface area (Å²) in [5.74, 6) is 0. The molecule has 0 aromatic carbocycles. The van der Waals surface area contributed by atoms with E-state index in [0.29, 0.717) is 24.9 Å². The second-order valence-corrected chi connectivity index (χ2v) is 11.5. The zero-order chi connectivity index (χ0) is 14.9. The topological polar surface area (TPSA) is 44.8 Å². The monoisotopic (exact) mass is 306 g/mol. The Kier molecular flexibility index (Phi) is 8.58. The van der Waals surface area contributed by atoms with Crippen LogP contribution in [0.15, 0.2) is 23.7 Å². The van der Waals surface area contributed by atoms with Crippen molar-refractivity contribution in [3.05, 3.63) is 23.7 Å². The van der Waals surface area contributed by atoms with E-state index in [0.717, 1.165) is 0 Å². The molecule has 0 saturated carbocycles. The smallest absolute Gasteiger partial charge is 0.360 e. The van der Waals surface area contributed by atoms with Crippen molar-refractivity contribution in [3.8, 4) is 0 Å². The number of rotatable bonds is 9. The highest BCUT2D eigenvalue weighted by Crippen LogP contribution is 2.57. The Morgan fingerprint density at radius 2 is 1.68 bits per heavy atom. The van der Waals surface area contributed by atoms with Gasteiger partial charge in [0.25, 0.3) is 0 Å². The van der Waals surface area contributed by atoms with Gasteiger partial charge in [0.1, 0.15) is 0 Å². The molecule has 0 atom stereocenters. The van der Waals surface area contributed by atoms with Crippen molar-refractivity contribution in [1.29, 1.82) is 0 Å². The fourth-order valence-corrected chi connectivity index (χ4v) is 3.44. The van der Waals surface area contributed by atoms with E-state index in [9.17, 15) is 4.57 Å². The Morgan fingerprint density at radius 1 is 1.16 bits per heavy atom. The number of hydrogen-bond donors (Lipinski definition) is 0. The zero-order valence-electron chi connectivity index (χ0n) is 12.9. The van der Waals surface area contributed by atoms with Crippen LogP contribution in [0.2, 0.25) is 19.6 Å². The third-order valence-corrected chi connectivity index (χ3v) is 5.07. The minimum Gasteiger partial charge on any atom is -0.549 e. The van der Waals surface area contributed by atoms with Crippen molar-refractivity contribution in [2.24, 2.45) is 0 Å². The standard InChI is InChI=1S/C13H27O4PSi/c1-7-10-11-13(12-17-19(4,5)6)18(14,15-8-2)16-9-3/h7,10,12H,8-9,11H2,1-6H3/b10-7+,13-12+. The van der Waals surface area contributed by atoms with Crippen molar-refractivity contribution in [1.82, 2.24) is 0 Å². The second kappa shape index (κ2) is 8.75. The second-order valence-electron chi connectivity index (χ2n) is 4.95. The molecule has 0 amide bonds. The van der Waals surface area contributed by atoms with Crippen molar-refractivity contribution >= 4 is 15.9 Å². The van der Waals surface area contributed by atoms with E-state index in [1.54, 1.807) is 20.1 Å². The maximum absolute atomic E-state index is 12.7. The normalized spacial score (nSPS) is 14.1. The van der Waals surface area contributed by atoms with Gasteiger partial charge in [-0.1, -0.05) is 12.2 Å². The summed E-state index contributed by atoms with van der Waals surface area (Å²) in [5, 5.41) is 0.580. The first kappa shape index (κ1) is 18.6. The first-order chi connectivity index (χ1) is 8.79. The molecule has 0 aliphatic carbocycles. The lowest BCUT2D eigenvalue weighted by molar-refractivity contribution is 0.225. The third-order valence-electron chi connectivity index (χ3n) is 2.06. The molecule has 0 unspecified atom stereocenters. The number of allylic oxidation sites excluding steroid dienone is 3. The van der Waals surface area contributed by atoms with Crippen LogP contribution in [-0.2, 0) is 18.0 Å². The highest BCUT2D eigenvalue weighted by molar-refractivity contribution is 7.58. The molecule has 19 heavy (non-hydrogen) atoms. The quantitative estimate of drug-likeness (QED) is 0.263. The van der Waals surface area contributed by atoms with Crippen LogP contribution in [0.5, 0.6) is 0 Å². The molecule has 0 aliphatic heterocycles. The van der Waals surface area contributed by atoms with Crippen LogP contribution in [-0.4, -0.2) is 21.5 Å². The van der Waals surface area contributed by atoms with Gasteiger partial charge in [-0.3, -0.25) is 4.57 Å². The first-order valence-electron chi connectivity index (χ1n) is 6.66. The van der Waals surface area contributed by atoms with Crippen LogP contribution >= 0.6 is 7.60 Å². The van der Waals surface area contributed by atoms with E-state index in [-0.39, 0.29) is 0 Å². The molecule has 0 N–H and O–H groups in total. The maximum Gasteiger partial charge on any atom is 0.360 e. The summed E-state index contributed by atoms with van der Waals surface area (Å²) >= 11 is 0. The molecule has 0 saturated heterocycles. The van der Waals surface area contributed by atoms with Gasteiger partial charge >= 0.3 is 7.60 Å². The summed E-state index contributed by atoms with van der Waals surface area (Å²) in [6.45, 7) is 12.4. The Balaban J connectivity index is 5.23. The van der Waals surface area contributed by atoms with E-state index in [1.165, 1.54) is 0 Å². The van der Waals surface area contributed by atoms with Gasteiger partial charge in [0.05, 0.1) is 24.8 Å². The van der Waals surface area contributed by atoms with E-state index in [4.69, 9.17) is 13.5 Å². The highest BCUT2D eigenvalue weighted by Gasteiger charge is 2.30. The minimum absolute atomic E-state index is 0.345. The lowest BCUT2D eigenvalue weighted by Crippen LogP contribution is -2.22. The van der Waals surface area contributed by atoms with E-state index in [2.05, 4.69) is 19.6 Å². The molecular weight excluding hydrogens is 279 g/mol. The summed E-state index contributed by atoms with van der Waals surface area (Å²) < 4.78 is 29.2. The largest absolute Gasteiger partial charge is 0.549 e. The predicted octanol–water partition coefficient (Wildman–Crippen LogP) is 4.91. The molecule has 112 valence electrons. The van der Waals surface area contributed by atoms with Crippen LogP contribution in [0.25, 0.3) is 0 Å². The SMILES string of the molecule is C/C=C/C/C(=C\O[Si](C)(C)C)P(=O)(OCC)OCC. The summed E-state index contributed by atoms with van der Waals surface area (Å²) in [4.78, 5) is 0. The van der Waals surface area contributed by atoms with E-state index >= 15 is 0 Å². The molecule has 0 fully saturated rings. The summed E-state index contributed by atoms with van der Waals surface area (Å²) in [5.41, 5.74) is 0. The summed E-state index contributed by atoms with van der Waals surface area (Å²) in [6, 6.07) is 0. The fraction of sp³-hybridized carbons (Fsp3) is 0.692. The molecular formula is C13H27O4PSi. The Morgan fingerprint density at radius 3 is 2.05 bits per heavy atom. The van der Waals surface area contributed by atoms with Crippen LogP contribution in [0.4, 0.5) is 0 Å². The molecule has 0 spiro atoms. The minimum atomic E-state index is -3.24. The predicted molar refractivity (Wildman–Crippen MR) is 82.8 cm³/mol. The van der Waals surface area contributed by atoms with Crippen molar-refractivity contribution in [2.45, 2.75) is 46.8 Å². The molecule has 4 nitrogen and oxygen atoms in total. The van der Waals surface area contributed by atoms with Gasteiger partial charge in [0, 0.05) is 6.42 Å². The van der Waals surface area contributed by atoms with E-state index in [1.807, 2.05) is 19.1 Å². The van der Waals surface area contributed by atoms with Gasteiger partial charge in [0.15, 0.2) is 0 Å². The first-order valence-corrected chi connectivity index (χ1v) is 11.6. The van der Waals surface area contributed by atoms with E-state index < -0.39 is 15.9 Å². The molecule has 0 aromatic heterocycles. The maximum atomic E-state index is 12.7. The highest BCUT2D eigenvalue weighted by atomic mass is 31.2. The number of hydrogen-bond acceptors (Lipinski definition) is 4. The average Bonchev–Trinajstić information content (AvgIpc) is 2.28. The summed E-state index contributed by atoms with van der Waals surface area (Å²) in [7, 11) is -4.95. The Bertz CT molecular complexity index is 348. The van der Waals surface area contributed by atoms with Crippen molar-refractivity contribution in [2.75, 3.05) is 13.2 Å². The van der Waals surface area contributed by atoms with Gasteiger partial charge in [-0.2, -0.15) is 0 Å². The molecule has 0 radical (unpaired) electrons. The van der Waals surface area contributed by atoms with Crippen molar-refractivity contribution in [3.63, 3.8) is 0 Å². The molecule has 0 rings (SSSR count). The molecule has 0 aliphatic rings. The van der Waals surface area contributed by atoms with Crippen molar-refractivity contribution < 1.29 is 18.0 Å². The summed E-state index contributed by atoms with van der Waals surface area (Å²) in [6.07, 6.45) is 5.92. The molecule has 0 heterocycles. The van der Waals surface area contributed by atoms with Crippen LogP contribution in [0, 0.1) is 0 Å². The lowest BCUT2D eigenvalue weighted by Gasteiger charge is -2.22. The third kappa shape index (κ3) is 7.73. The van der Waals surface area contributed by atoms with Gasteiger partial charge in [-0.15, -0.1) is 0 Å². The van der Waals surface area contributed by atoms with Crippen LogP contribution < -0.4 is 0 Å². The molecule has 0 aromatic rings. The van der Waals surface area contributed by atoms with Gasteiger partial charge < -0.3 is 13.5 Å². The molecule has 6 heteroatoms. The Labute approximate surface area is 118 Å². The average molecular weight is 306 g/mol. The molecule has 0 bridgehead atoms. The van der Waals surface area contributed by atoms with Gasteiger partial charge in [-0.05, 0) is 40.4 Å². The zero-order valence-corrected chi connectivity index (χ0v) is 14.8. The lowest BCUT2D eigenvalue weighted by atomic mass is 10.4. The Hall–Kier alpha value is -0.353. The van der Waals surface area contributed by atoms with Crippen LogP contribution in [0.3, 0.4) is 0 Å². The fourth-order valence-electron chi connectivity index (χ4n) is 1.25.